The molecule has 0 fully saturated rings. The zero-order valence-electron chi connectivity index (χ0n) is 8.03. The van der Waals surface area contributed by atoms with Gasteiger partial charge in [-0.05, 0) is 12.5 Å². The van der Waals surface area contributed by atoms with Crippen LogP contribution in [0.5, 0.6) is 0 Å². The number of rotatable bonds is 4. The lowest BCUT2D eigenvalue weighted by atomic mass is 10.1. The zero-order chi connectivity index (χ0) is 10.4. The van der Waals surface area contributed by atoms with Crippen molar-refractivity contribution in [1.29, 1.82) is 0 Å². The minimum atomic E-state index is -0.263. The zero-order valence-corrected chi connectivity index (χ0v) is 8.84. The van der Waals surface area contributed by atoms with Gasteiger partial charge in [-0.15, -0.1) is 0 Å². The number of carbonyl (C=O) groups is 1. The van der Waals surface area contributed by atoms with Gasteiger partial charge in [0.25, 0.3) is 0 Å². The van der Waals surface area contributed by atoms with E-state index in [1.807, 2.05) is 30.3 Å². The van der Waals surface area contributed by atoms with E-state index in [2.05, 4.69) is 0 Å². The van der Waals surface area contributed by atoms with Gasteiger partial charge in [0.1, 0.15) is 0 Å². The second-order valence-electron chi connectivity index (χ2n) is 2.77. The Morgan fingerprint density at radius 3 is 2.57 bits per heavy atom. The molecule has 3 heteroatoms. The predicted molar refractivity (Wildman–Crippen MR) is 59.4 cm³/mol. The third kappa shape index (κ3) is 3.26. The van der Waals surface area contributed by atoms with E-state index in [9.17, 15) is 4.79 Å². The Morgan fingerprint density at radius 1 is 1.36 bits per heavy atom. The monoisotopic (exact) mass is 208 g/mol. The van der Waals surface area contributed by atoms with E-state index in [1.54, 1.807) is 6.92 Å². The molecule has 0 atom stereocenters. The summed E-state index contributed by atoms with van der Waals surface area (Å²) < 4.78 is 4.81. The summed E-state index contributed by atoms with van der Waals surface area (Å²) in [4.78, 5) is 11.7. The predicted octanol–water partition coefficient (Wildman–Crippen LogP) is 2.36. The van der Waals surface area contributed by atoms with Crippen molar-refractivity contribution in [2.75, 3.05) is 6.61 Å². The van der Waals surface area contributed by atoms with Gasteiger partial charge in [-0.1, -0.05) is 42.5 Å². The van der Waals surface area contributed by atoms with Gasteiger partial charge in [-0.25, -0.2) is 0 Å². The van der Waals surface area contributed by atoms with Crippen LogP contribution in [0.15, 0.2) is 30.3 Å². The first-order chi connectivity index (χ1) is 6.74. The summed E-state index contributed by atoms with van der Waals surface area (Å²) in [5.41, 5.74) is 0.913. The summed E-state index contributed by atoms with van der Waals surface area (Å²) in [5, 5.41) is 0. The van der Waals surface area contributed by atoms with E-state index in [-0.39, 0.29) is 12.4 Å². The summed E-state index contributed by atoms with van der Waals surface area (Å²) in [6.07, 6.45) is 0.188. The third-order valence-corrected chi connectivity index (χ3v) is 2.09. The molecule has 2 nitrogen and oxygen atoms in total. The summed E-state index contributed by atoms with van der Waals surface area (Å²) >= 11 is 5.11. The molecule has 1 aromatic carbocycles. The molecular formula is C11H12O2S. The van der Waals surface area contributed by atoms with Crippen molar-refractivity contribution in [1.82, 2.24) is 0 Å². The lowest BCUT2D eigenvalue weighted by molar-refractivity contribution is -0.141. The Morgan fingerprint density at radius 2 is 2.00 bits per heavy atom. The molecule has 0 saturated carbocycles. The molecule has 0 amide bonds. The largest absolute Gasteiger partial charge is 0.466 e. The van der Waals surface area contributed by atoms with E-state index >= 15 is 0 Å². The lowest BCUT2D eigenvalue weighted by Crippen LogP contribution is -2.10. The second kappa shape index (κ2) is 5.50. The number of benzene rings is 1. The number of ether oxygens (including phenoxy) is 1. The molecule has 0 bridgehead atoms. The molecule has 74 valence electrons. The molecule has 0 radical (unpaired) electrons. The first-order valence-corrected chi connectivity index (χ1v) is 4.88. The maximum atomic E-state index is 11.1. The van der Waals surface area contributed by atoms with Crippen LogP contribution in [0.3, 0.4) is 0 Å². The van der Waals surface area contributed by atoms with Crippen LogP contribution >= 0.6 is 12.2 Å². The third-order valence-electron chi connectivity index (χ3n) is 1.71. The fraction of sp³-hybridized carbons (Fsp3) is 0.273. The molecule has 0 N–H and O–H groups in total. The van der Waals surface area contributed by atoms with Crippen molar-refractivity contribution >= 4 is 23.1 Å². The first-order valence-electron chi connectivity index (χ1n) is 4.48. The molecule has 14 heavy (non-hydrogen) atoms. The van der Waals surface area contributed by atoms with Crippen molar-refractivity contribution in [3.8, 4) is 0 Å². The van der Waals surface area contributed by atoms with Crippen molar-refractivity contribution < 1.29 is 9.53 Å². The highest BCUT2D eigenvalue weighted by Gasteiger charge is 2.07. The van der Waals surface area contributed by atoms with E-state index in [4.69, 9.17) is 17.0 Å². The van der Waals surface area contributed by atoms with E-state index in [0.29, 0.717) is 11.5 Å². The Balaban J connectivity index is 2.55. The summed E-state index contributed by atoms with van der Waals surface area (Å²) in [6, 6.07) is 9.49. The van der Waals surface area contributed by atoms with Crippen LogP contribution in [0.2, 0.25) is 0 Å². The van der Waals surface area contributed by atoms with Crippen LogP contribution in [0.4, 0.5) is 0 Å². The van der Waals surface area contributed by atoms with Crippen LogP contribution in [-0.4, -0.2) is 17.4 Å². The Bertz CT molecular complexity index is 319. The fourth-order valence-electron chi connectivity index (χ4n) is 1.07. The number of thiocarbonyl (C=S) groups is 1. The molecule has 0 aliphatic carbocycles. The SMILES string of the molecule is CCOC(=O)CC(=S)c1ccccc1. The minimum Gasteiger partial charge on any atom is -0.466 e. The first kappa shape index (κ1) is 10.9. The molecule has 1 rings (SSSR count). The van der Waals surface area contributed by atoms with Crippen LogP contribution in [0, 0.1) is 0 Å². The highest BCUT2D eigenvalue weighted by Crippen LogP contribution is 2.05. The van der Waals surface area contributed by atoms with E-state index in [1.165, 1.54) is 0 Å². The molecule has 0 unspecified atom stereocenters. The molecule has 0 spiro atoms. The van der Waals surface area contributed by atoms with Crippen LogP contribution in [-0.2, 0) is 9.53 Å². The molecule has 0 aromatic heterocycles. The normalized spacial score (nSPS) is 9.50. The highest BCUT2D eigenvalue weighted by atomic mass is 32.1. The molecule has 0 heterocycles. The highest BCUT2D eigenvalue weighted by molar-refractivity contribution is 7.80. The molecule has 1 aromatic rings. The van der Waals surface area contributed by atoms with Gasteiger partial charge in [0, 0.05) is 4.86 Å². The maximum Gasteiger partial charge on any atom is 0.311 e. The van der Waals surface area contributed by atoms with Crippen molar-refractivity contribution in [3.05, 3.63) is 35.9 Å². The van der Waals surface area contributed by atoms with E-state index in [0.717, 1.165) is 5.56 Å². The number of hydrogen-bond acceptors (Lipinski definition) is 3. The Labute approximate surface area is 88.9 Å². The van der Waals surface area contributed by atoms with Gasteiger partial charge < -0.3 is 4.74 Å². The standard InChI is InChI=1S/C11H12O2S/c1-2-13-11(12)8-10(14)9-6-4-3-5-7-9/h3-7H,2,8H2,1H3. The fourth-order valence-corrected chi connectivity index (χ4v) is 1.32. The lowest BCUT2D eigenvalue weighted by Gasteiger charge is -2.03. The Kier molecular flexibility index (Phi) is 4.26. The second-order valence-corrected chi connectivity index (χ2v) is 3.26. The molecule has 0 aliphatic heterocycles. The number of hydrogen-bond donors (Lipinski definition) is 0. The average molecular weight is 208 g/mol. The van der Waals surface area contributed by atoms with E-state index < -0.39 is 0 Å². The molecule has 0 saturated heterocycles. The maximum absolute atomic E-state index is 11.1. The van der Waals surface area contributed by atoms with Crippen molar-refractivity contribution in [2.24, 2.45) is 0 Å². The van der Waals surface area contributed by atoms with Crippen LogP contribution in [0.1, 0.15) is 18.9 Å². The number of carbonyl (C=O) groups excluding carboxylic acids is 1. The smallest absolute Gasteiger partial charge is 0.311 e. The topological polar surface area (TPSA) is 26.3 Å². The minimum absolute atomic E-state index is 0.188. The van der Waals surface area contributed by atoms with Gasteiger partial charge in [0.05, 0.1) is 13.0 Å². The molecule has 0 aliphatic rings. The summed E-state index contributed by atoms with van der Waals surface area (Å²) in [5.74, 6) is -0.263. The van der Waals surface area contributed by atoms with Gasteiger partial charge in [-0.3, -0.25) is 4.79 Å². The molecular weight excluding hydrogens is 196 g/mol. The van der Waals surface area contributed by atoms with Gasteiger partial charge in [-0.2, -0.15) is 0 Å². The summed E-state index contributed by atoms with van der Waals surface area (Å²) in [6.45, 7) is 2.18. The van der Waals surface area contributed by atoms with Gasteiger partial charge in [0.15, 0.2) is 0 Å². The van der Waals surface area contributed by atoms with Gasteiger partial charge in [0.2, 0.25) is 0 Å². The Hall–Kier alpha value is -1.22. The van der Waals surface area contributed by atoms with Gasteiger partial charge >= 0.3 is 5.97 Å². The summed E-state index contributed by atoms with van der Waals surface area (Å²) in [7, 11) is 0. The number of esters is 1. The van der Waals surface area contributed by atoms with Crippen molar-refractivity contribution in [2.45, 2.75) is 13.3 Å². The average Bonchev–Trinajstić information content (AvgIpc) is 2.19. The van der Waals surface area contributed by atoms with Crippen LogP contribution in [0.25, 0.3) is 0 Å². The quantitative estimate of drug-likeness (QED) is 0.431. The van der Waals surface area contributed by atoms with Crippen molar-refractivity contribution in [3.63, 3.8) is 0 Å². The van der Waals surface area contributed by atoms with Crippen LogP contribution < -0.4 is 0 Å².